The van der Waals surface area contributed by atoms with E-state index in [1.165, 1.54) is 12.8 Å². The second kappa shape index (κ2) is 11.9. The maximum absolute atomic E-state index is 9.65. The second-order valence-corrected chi connectivity index (χ2v) is 5.42. The summed E-state index contributed by atoms with van der Waals surface area (Å²) in [5, 5.41) is 26.7. The number of hydrogen-bond acceptors (Lipinski definition) is 3. The molecule has 1 aliphatic rings. The summed E-state index contributed by atoms with van der Waals surface area (Å²) in [7, 11) is 0. The summed E-state index contributed by atoms with van der Waals surface area (Å²) < 4.78 is 0. The van der Waals surface area contributed by atoms with Crippen molar-refractivity contribution < 1.29 is 20.1 Å². The van der Waals surface area contributed by atoms with Crippen LogP contribution in [0.2, 0.25) is 0 Å². The summed E-state index contributed by atoms with van der Waals surface area (Å²) in [6.07, 6.45) is 11.1. The summed E-state index contributed by atoms with van der Waals surface area (Å²) in [5.41, 5.74) is 0. The molecule has 0 radical (unpaired) electrons. The van der Waals surface area contributed by atoms with Crippen molar-refractivity contribution in [2.24, 2.45) is 5.92 Å². The van der Waals surface area contributed by atoms with Crippen molar-refractivity contribution in [1.82, 2.24) is 0 Å². The minimum atomic E-state index is -0.745. The van der Waals surface area contributed by atoms with Gasteiger partial charge in [-0.05, 0) is 31.6 Å². The molecule has 0 amide bonds. The normalized spacial score (nSPS) is 23.4. The summed E-state index contributed by atoms with van der Waals surface area (Å²) in [6.45, 7) is 3.77. The van der Waals surface area contributed by atoms with Gasteiger partial charge in [-0.25, -0.2) is 0 Å². The minimum Gasteiger partial charge on any atom is -0.481 e. The van der Waals surface area contributed by atoms with Gasteiger partial charge < -0.3 is 15.3 Å². The van der Waals surface area contributed by atoms with Crippen LogP contribution in [0.5, 0.6) is 0 Å². The average molecular weight is 286 g/mol. The highest BCUT2D eigenvalue weighted by Gasteiger charge is 2.20. The van der Waals surface area contributed by atoms with Crippen LogP contribution in [-0.2, 0) is 4.79 Å². The highest BCUT2D eigenvalue weighted by molar-refractivity contribution is 5.66. The van der Waals surface area contributed by atoms with Gasteiger partial charge in [0.2, 0.25) is 0 Å². The molecule has 3 N–H and O–H groups in total. The zero-order valence-corrected chi connectivity index (χ0v) is 12.8. The molecule has 3 unspecified atom stereocenters. The molecule has 0 saturated heterocycles. The van der Waals surface area contributed by atoms with Crippen molar-refractivity contribution in [1.29, 1.82) is 0 Å². The van der Waals surface area contributed by atoms with Crippen molar-refractivity contribution in [2.45, 2.75) is 77.4 Å². The summed E-state index contributed by atoms with van der Waals surface area (Å²) >= 11 is 0. The maximum Gasteiger partial charge on any atom is 0.303 e. The van der Waals surface area contributed by atoms with E-state index in [9.17, 15) is 15.0 Å². The SMILES string of the molecule is CCC(=O)O.CCCCCC(O)C=CC1CCC(O)C1. The van der Waals surface area contributed by atoms with E-state index in [0.29, 0.717) is 5.92 Å². The molecule has 0 aromatic rings. The molecule has 1 fully saturated rings. The average Bonchev–Trinajstić information content (AvgIpc) is 2.83. The van der Waals surface area contributed by atoms with E-state index in [2.05, 4.69) is 13.0 Å². The molecule has 0 aromatic carbocycles. The van der Waals surface area contributed by atoms with Crippen LogP contribution in [0.4, 0.5) is 0 Å². The summed E-state index contributed by atoms with van der Waals surface area (Å²) in [6, 6.07) is 0. The molecule has 0 bridgehead atoms. The van der Waals surface area contributed by atoms with Crippen molar-refractivity contribution in [3.05, 3.63) is 12.2 Å². The van der Waals surface area contributed by atoms with Gasteiger partial charge in [0, 0.05) is 6.42 Å². The van der Waals surface area contributed by atoms with Gasteiger partial charge in [-0.3, -0.25) is 4.79 Å². The first-order chi connectivity index (χ1) is 9.49. The second-order valence-electron chi connectivity index (χ2n) is 5.42. The molecule has 0 aliphatic heterocycles. The van der Waals surface area contributed by atoms with Crippen molar-refractivity contribution >= 4 is 5.97 Å². The Labute approximate surface area is 122 Å². The fourth-order valence-corrected chi connectivity index (χ4v) is 2.15. The van der Waals surface area contributed by atoms with Crippen LogP contribution in [-0.4, -0.2) is 33.5 Å². The van der Waals surface area contributed by atoms with E-state index in [4.69, 9.17) is 5.11 Å². The number of aliphatic hydroxyl groups is 2. The molecule has 1 saturated carbocycles. The standard InChI is InChI=1S/C13H24O2.C3H6O2/c1-2-3-4-5-12(14)8-6-11-7-9-13(15)10-11;1-2-3(4)5/h6,8,11-15H,2-5,7,9-10H2,1H3;2H2,1H3,(H,4,5). The first-order valence-corrected chi connectivity index (χ1v) is 7.75. The topological polar surface area (TPSA) is 77.8 Å². The van der Waals surface area contributed by atoms with Crippen LogP contribution in [0.25, 0.3) is 0 Å². The molecule has 0 heterocycles. The molecular formula is C16H30O4. The Balaban J connectivity index is 0.000000621. The highest BCUT2D eigenvalue weighted by Crippen LogP contribution is 2.26. The zero-order chi connectivity index (χ0) is 15.4. The number of hydrogen-bond donors (Lipinski definition) is 3. The third kappa shape index (κ3) is 11.0. The van der Waals surface area contributed by atoms with E-state index >= 15 is 0 Å². The fourth-order valence-electron chi connectivity index (χ4n) is 2.15. The first kappa shape index (κ1) is 19.1. The highest BCUT2D eigenvalue weighted by atomic mass is 16.4. The molecule has 1 aliphatic carbocycles. The molecule has 4 heteroatoms. The van der Waals surface area contributed by atoms with Crippen LogP contribution in [0.15, 0.2) is 12.2 Å². The molecule has 20 heavy (non-hydrogen) atoms. The van der Waals surface area contributed by atoms with Crippen molar-refractivity contribution in [3.8, 4) is 0 Å². The number of rotatable bonds is 7. The molecule has 1 rings (SSSR count). The van der Waals surface area contributed by atoms with E-state index in [1.807, 2.05) is 6.08 Å². The number of carboxylic acids is 1. The van der Waals surface area contributed by atoms with Gasteiger partial charge in [-0.15, -0.1) is 0 Å². The molecule has 0 aromatic heterocycles. The van der Waals surface area contributed by atoms with Gasteiger partial charge in [0.1, 0.15) is 0 Å². The van der Waals surface area contributed by atoms with Crippen LogP contribution in [0.3, 0.4) is 0 Å². The number of carbonyl (C=O) groups is 1. The largest absolute Gasteiger partial charge is 0.481 e. The van der Waals surface area contributed by atoms with Gasteiger partial charge >= 0.3 is 5.97 Å². The maximum atomic E-state index is 9.65. The number of carboxylic acid groups (broad SMARTS) is 1. The Kier molecular flexibility index (Phi) is 11.4. The van der Waals surface area contributed by atoms with E-state index < -0.39 is 5.97 Å². The molecule has 118 valence electrons. The van der Waals surface area contributed by atoms with E-state index in [1.54, 1.807) is 6.92 Å². The number of aliphatic carboxylic acids is 1. The Hall–Kier alpha value is -0.870. The van der Waals surface area contributed by atoms with Crippen LogP contribution in [0, 0.1) is 5.92 Å². The Morgan fingerprint density at radius 2 is 1.95 bits per heavy atom. The fraction of sp³-hybridized carbons (Fsp3) is 0.812. The van der Waals surface area contributed by atoms with Gasteiger partial charge in [-0.1, -0.05) is 45.3 Å². The molecular weight excluding hydrogens is 256 g/mol. The number of allylic oxidation sites excluding steroid dienone is 1. The zero-order valence-electron chi connectivity index (χ0n) is 12.8. The number of unbranched alkanes of at least 4 members (excludes halogenated alkanes) is 2. The lowest BCUT2D eigenvalue weighted by Crippen LogP contribution is -2.03. The lowest BCUT2D eigenvalue weighted by molar-refractivity contribution is -0.136. The predicted molar refractivity (Wildman–Crippen MR) is 80.6 cm³/mol. The lowest BCUT2D eigenvalue weighted by Gasteiger charge is -2.06. The predicted octanol–water partition coefficient (Wildman–Crippen LogP) is 3.13. The quantitative estimate of drug-likeness (QED) is 0.496. The van der Waals surface area contributed by atoms with Crippen LogP contribution >= 0.6 is 0 Å². The van der Waals surface area contributed by atoms with Gasteiger partial charge in [0.25, 0.3) is 0 Å². The van der Waals surface area contributed by atoms with Gasteiger partial charge in [0.05, 0.1) is 12.2 Å². The summed E-state index contributed by atoms with van der Waals surface area (Å²) in [5.74, 6) is -0.258. The van der Waals surface area contributed by atoms with Crippen LogP contribution in [0.1, 0.15) is 65.2 Å². The van der Waals surface area contributed by atoms with Crippen molar-refractivity contribution in [2.75, 3.05) is 0 Å². The minimum absolute atomic E-state index is 0.114. The first-order valence-electron chi connectivity index (χ1n) is 7.75. The monoisotopic (exact) mass is 286 g/mol. The van der Waals surface area contributed by atoms with Gasteiger partial charge in [-0.2, -0.15) is 0 Å². The summed E-state index contributed by atoms with van der Waals surface area (Å²) in [4.78, 5) is 9.37. The van der Waals surface area contributed by atoms with Gasteiger partial charge in [0.15, 0.2) is 0 Å². The molecule has 3 atom stereocenters. The number of aliphatic hydroxyl groups excluding tert-OH is 2. The van der Waals surface area contributed by atoms with Crippen LogP contribution < -0.4 is 0 Å². The molecule has 0 spiro atoms. The van der Waals surface area contributed by atoms with Crippen molar-refractivity contribution in [3.63, 3.8) is 0 Å². The van der Waals surface area contributed by atoms with E-state index in [-0.39, 0.29) is 18.6 Å². The Morgan fingerprint density at radius 3 is 2.40 bits per heavy atom. The third-order valence-corrected chi connectivity index (χ3v) is 3.46. The smallest absolute Gasteiger partial charge is 0.303 e. The third-order valence-electron chi connectivity index (χ3n) is 3.46. The lowest BCUT2D eigenvalue weighted by atomic mass is 10.0. The molecule has 4 nitrogen and oxygen atoms in total. The Bertz CT molecular complexity index is 276. The van der Waals surface area contributed by atoms with E-state index in [0.717, 1.165) is 32.1 Å². The Morgan fingerprint density at radius 1 is 1.30 bits per heavy atom.